The standard InChI is InChI=1S/C9H13N3O2/c1-14-3-2-8-11-7-5-10-4-6(7)9(13)12-8/h10H,2-5H2,1H3,(H,11,12,13). The quantitative estimate of drug-likeness (QED) is 0.686. The second-order valence-electron chi connectivity index (χ2n) is 3.28. The SMILES string of the molecule is COCCc1nc2c(c(=O)[nH]1)CNC2. The van der Waals surface area contributed by atoms with E-state index in [1.165, 1.54) is 0 Å². The van der Waals surface area contributed by atoms with Crippen molar-refractivity contribution < 1.29 is 4.74 Å². The second kappa shape index (κ2) is 3.89. The van der Waals surface area contributed by atoms with Crippen LogP contribution in [0.4, 0.5) is 0 Å². The highest BCUT2D eigenvalue weighted by atomic mass is 16.5. The van der Waals surface area contributed by atoms with E-state index in [0.717, 1.165) is 11.3 Å². The molecule has 2 heterocycles. The van der Waals surface area contributed by atoms with Crippen molar-refractivity contribution in [1.29, 1.82) is 0 Å². The number of methoxy groups -OCH3 is 1. The Balaban J connectivity index is 2.28. The molecule has 14 heavy (non-hydrogen) atoms. The van der Waals surface area contributed by atoms with E-state index < -0.39 is 0 Å². The van der Waals surface area contributed by atoms with Crippen molar-refractivity contribution in [2.75, 3.05) is 13.7 Å². The van der Waals surface area contributed by atoms with Crippen molar-refractivity contribution in [2.24, 2.45) is 0 Å². The average molecular weight is 195 g/mol. The van der Waals surface area contributed by atoms with Gasteiger partial charge in [0.25, 0.3) is 5.56 Å². The zero-order valence-electron chi connectivity index (χ0n) is 8.09. The maximum Gasteiger partial charge on any atom is 0.255 e. The van der Waals surface area contributed by atoms with Crippen LogP contribution in [0.3, 0.4) is 0 Å². The average Bonchev–Trinajstić information content (AvgIpc) is 2.63. The van der Waals surface area contributed by atoms with Gasteiger partial charge in [0.2, 0.25) is 0 Å². The Morgan fingerprint density at radius 3 is 3.14 bits per heavy atom. The van der Waals surface area contributed by atoms with Crippen LogP contribution in [-0.4, -0.2) is 23.7 Å². The molecule has 5 nitrogen and oxygen atoms in total. The number of hydrogen-bond acceptors (Lipinski definition) is 4. The van der Waals surface area contributed by atoms with Crippen LogP contribution >= 0.6 is 0 Å². The van der Waals surface area contributed by atoms with E-state index in [1.807, 2.05) is 0 Å². The summed E-state index contributed by atoms with van der Waals surface area (Å²) in [6.07, 6.45) is 0.652. The van der Waals surface area contributed by atoms with Crippen molar-refractivity contribution in [3.63, 3.8) is 0 Å². The Kier molecular flexibility index (Phi) is 2.60. The first kappa shape index (κ1) is 9.36. The number of aromatic amines is 1. The van der Waals surface area contributed by atoms with E-state index >= 15 is 0 Å². The summed E-state index contributed by atoms with van der Waals surface area (Å²) >= 11 is 0. The lowest BCUT2D eigenvalue weighted by atomic mass is 10.2. The van der Waals surface area contributed by atoms with Crippen LogP contribution in [0.2, 0.25) is 0 Å². The number of aromatic nitrogens is 2. The van der Waals surface area contributed by atoms with Gasteiger partial charge in [0.1, 0.15) is 5.82 Å². The Morgan fingerprint density at radius 1 is 1.50 bits per heavy atom. The lowest BCUT2D eigenvalue weighted by Gasteiger charge is -2.02. The van der Waals surface area contributed by atoms with E-state index in [9.17, 15) is 4.79 Å². The highest BCUT2D eigenvalue weighted by Gasteiger charge is 2.15. The fourth-order valence-electron chi connectivity index (χ4n) is 1.55. The van der Waals surface area contributed by atoms with Gasteiger partial charge in [0.15, 0.2) is 0 Å². The second-order valence-corrected chi connectivity index (χ2v) is 3.28. The molecule has 0 radical (unpaired) electrons. The molecule has 2 N–H and O–H groups in total. The molecular formula is C9H13N3O2. The molecule has 1 aliphatic rings. The third-order valence-electron chi connectivity index (χ3n) is 2.29. The number of nitrogens with zero attached hydrogens (tertiary/aromatic N) is 1. The van der Waals surface area contributed by atoms with Crippen molar-refractivity contribution >= 4 is 0 Å². The fourth-order valence-corrected chi connectivity index (χ4v) is 1.55. The van der Waals surface area contributed by atoms with Crippen LogP contribution in [0.5, 0.6) is 0 Å². The summed E-state index contributed by atoms with van der Waals surface area (Å²) in [7, 11) is 1.63. The fraction of sp³-hybridized carbons (Fsp3) is 0.556. The molecule has 0 saturated heterocycles. The number of ether oxygens (including phenoxy) is 1. The number of fused-ring (bicyclic) bond motifs is 1. The van der Waals surface area contributed by atoms with Gasteiger partial charge >= 0.3 is 0 Å². The smallest absolute Gasteiger partial charge is 0.255 e. The van der Waals surface area contributed by atoms with Gasteiger partial charge < -0.3 is 15.0 Å². The summed E-state index contributed by atoms with van der Waals surface area (Å²) in [5, 5.41) is 3.10. The minimum atomic E-state index is -0.0221. The van der Waals surface area contributed by atoms with Crippen LogP contribution in [0.1, 0.15) is 17.1 Å². The molecule has 2 rings (SSSR count). The maximum atomic E-state index is 11.5. The van der Waals surface area contributed by atoms with Crippen molar-refractivity contribution in [3.8, 4) is 0 Å². The van der Waals surface area contributed by atoms with Crippen molar-refractivity contribution in [3.05, 3.63) is 27.4 Å². The van der Waals surface area contributed by atoms with Crippen LogP contribution in [0.15, 0.2) is 4.79 Å². The van der Waals surface area contributed by atoms with E-state index in [4.69, 9.17) is 4.74 Å². The minimum absolute atomic E-state index is 0.0221. The van der Waals surface area contributed by atoms with Crippen LogP contribution in [-0.2, 0) is 24.2 Å². The molecule has 0 amide bonds. The van der Waals surface area contributed by atoms with Gasteiger partial charge in [0, 0.05) is 26.6 Å². The molecule has 0 spiro atoms. The Hall–Kier alpha value is -1.20. The number of H-pyrrole nitrogens is 1. The van der Waals surface area contributed by atoms with Crippen LogP contribution in [0.25, 0.3) is 0 Å². The summed E-state index contributed by atoms with van der Waals surface area (Å²) in [6, 6.07) is 0. The van der Waals surface area contributed by atoms with Gasteiger partial charge in [-0.15, -0.1) is 0 Å². The maximum absolute atomic E-state index is 11.5. The summed E-state index contributed by atoms with van der Waals surface area (Å²) in [6.45, 7) is 1.90. The summed E-state index contributed by atoms with van der Waals surface area (Å²) in [5.74, 6) is 0.708. The predicted octanol–water partition coefficient (Wildman–Crippen LogP) is -0.438. The normalized spacial score (nSPS) is 14.4. The third kappa shape index (κ3) is 1.69. The Morgan fingerprint density at radius 2 is 2.36 bits per heavy atom. The Bertz CT molecular complexity index is 386. The van der Waals surface area contributed by atoms with Crippen molar-refractivity contribution in [2.45, 2.75) is 19.5 Å². The molecule has 0 aromatic carbocycles. The van der Waals surface area contributed by atoms with Gasteiger partial charge in [0.05, 0.1) is 17.9 Å². The first-order chi connectivity index (χ1) is 6.81. The molecule has 0 unspecified atom stereocenters. The molecule has 0 saturated carbocycles. The third-order valence-corrected chi connectivity index (χ3v) is 2.29. The monoisotopic (exact) mass is 195 g/mol. The lowest BCUT2D eigenvalue weighted by molar-refractivity contribution is 0.200. The van der Waals surface area contributed by atoms with Gasteiger partial charge in [-0.05, 0) is 0 Å². The molecule has 0 bridgehead atoms. The van der Waals surface area contributed by atoms with Gasteiger partial charge in [-0.3, -0.25) is 4.79 Å². The number of nitrogens with one attached hydrogen (secondary N) is 2. The van der Waals surface area contributed by atoms with E-state index in [0.29, 0.717) is 31.9 Å². The van der Waals surface area contributed by atoms with Crippen molar-refractivity contribution in [1.82, 2.24) is 15.3 Å². The minimum Gasteiger partial charge on any atom is -0.384 e. The predicted molar refractivity (Wildman–Crippen MR) is 51.0 cm³/mol. The van der Waals surface area contributed by atoms with Crippen LogP contribution in [0, 0.1) is 0 Å². The zero-order valence-corrected chi connectivity index (χ0v) is 8.09. The molecular weight excluding hydrogens is 182 g/mol. The van der Waals surface area contributed by atoms with E-state index in [2.05, 4.69) is 15.3 Å². The van der Waals surface area contributed by atoms with Gasteiger partial charge in [-0.1, -0.05) is 0 Å². The molecule has 1 aliphatic heterocycles. The first-order valence-corrected chi connectivity index (χ1v) is 4.62. The number of hydrogen-bond donors (Lipinski definition) is 2. The largest absolute Gasteiger partial charge is 0.384 e. The molecule has 1 aromatic rings. The topological polar surface area (TPSA) is 67.0 Å². The Labute approximate surface area is 81.5 Å². The zero-order chi connectivity index (χ0) is 9.97. The van der Waals surface area contributed by atoms with Crippen LogP contribution < -0.4 is 10.9 Å². The first-order valence-electron chi connectivity index (χ1n) is 4.62. The highest BCUT2D eigenvalue weighted by molar-refractivity contribution is 5.21. The summed E-state index contributed by atoms with van der Waals surface area (Å²) < 4.78 is 4.93. The van der Waals surface area contributed by atoms with Gasteiger partial charge in [-0.25, -0.2) is 4.98 Å². The van der Waals surface area contributed by atoms with E-state index in [-0.39, 0.29) is 5.56 Å². The molecule has 1 aromatic heterocycles. The molecule has 76 valence electrons. The highest BCUT2D eigenvalue weighted by Crippen LogP contribution is 2.07. The van der Waals surface area contributed by atoms with Gasteiger partial charge in [-0.2, -0.15) is 0 Å². The number of rotatable bonds is 3. The molecule has 5 heteroatoms. The summed E-state index contributed by atoms with van der Waals surface area (Å²) in [5.41, 5.74) is 1.62. The lowest BCUT2D eigenvalue weighted by Crippen LogP contribution is -2.18. The molecule has 0 atom stereocenters. The molecule has 0 aliphatic carbocycles. The molecule has 0 fully saturated rings. The summed E-state index contributed by atoms with van der Waals surface area (Å²) in [4.78, 5) is 18.6. The van der Waals surface area contributed by atoms with E-state index in [1.54, 1.807) is 7.11 Å².